The number of ether oxygens (including phenoxy) is 2. The van der Waals surface area contributed by atoms with Gasteiger partial charge in [0.05, 0.1) is 35.5 Å². The van der Waals surface area contributed by atoms with E-state index in [1.165, 1.54) is 7.11 Å². The summed E-state index contributed by atoms with van der Waals surface area (Å²) >= 11 is 0. The standard InChI is InChI=1S/C30H36N4O5/c1-16-12-19(17(2)31-23-11-9-8-10-18(23)27(36)39-30(3,4)5)25-20(13-16)26(35)33(6)29(32-25)34-14-21-22(15-34)24(21)28(37)38-7/h8-13,17,21-22,24,31H,14-15H2,1-7H3/t17?,21-,22+,24?. The van der Waals surface area contributed by atoms with Crippen LogP contribution >= 0.6 is 0 Å². The van der Waals surface area contributed by atoms with Crippen molar-refractivity contribution in [3.05, 3.63) is 63.4 Å². The number of carbonyl (C=O) groups is 2. The van der Waals surface area contributed by atoms with Crippen LogP contribution in [-0.4, -0.2) is 47.3 Å². The number of aryl methyl sites for hydroxylation is 1. The quantitative estimate of drug-likeness (QED) is 0.471. The summed E-state index contributed by atoms with van der Waals surface area (Å²) in [5.74, 6) is 0.430. The van der Waals surface area contributed by atoms with Crippen molar-refractivity contribution in [1.29, 1.82) is 0 Å². The number of hydrogen-bond donors (Lipinski definition) is 1. The minimum Gasteiger partial charge on any atom is -0.469 e. The second-order valence-electron chi connectivity index (χ2n) is 11.7. The van der Waals surface area contributed by atoms with Gasteiger partial charge in [0, 0.05) is 31.4 Å². The van der Waals surface area contributed by atoms with Crippen molar-refractivity contribution in [1.82, 2.24) is 9.55 Å². The number of benzene rings is 2. The van der Waals surface area contributed by atoms with Gasteiger partial charge in [0.15, 0.2) is 0 Å². The Balaban J connectivity index is 1.49. The number of nitrogens with zero attached hydrogens (tertiary/aromatic N) is 3. The van der Waals surface area contributed by atoms with Gasteiger partial charge in [-0.2, -0.15) is 0 Å². The van der Waals surface area contributed by atoms with Crippen LogP contribution in [0, 0.1) is 24.7 Å². The molecule has 1 aliphatic carbocycles. The van der Waals surface area contributed by atoms with Crippen LogP contribution in [0.25, 0.3) is 10.9 Å². The third-order valence-electron chi connectivity index (χ3n) is 7.67. The van der Waals surface area contributed by atoms with Crippen LogP contribution in [0.15, 0.2) is 41.2 Å². The van der Waals surface area contributed by atoms with Gasteiger partial charge in [-0.25, -0.2) is 9.78 Å². The monoisotopic (exact) mass is 532 g/mol. The van der Waals surface area contributed by atoms with Crippen LogP contribution in [-0.2, 0) is 21.3 Å². The number of methoxy groups -OCH3 is 1. The van der Waals surface area contributed by atoms with Gasteiger partial charge in [-0.05, 0) is 70.2 Å². The molecule has 1 aromatic heterocycles. The number of anilines is 2. The lowest BCUT2D eigenvalue weighted by Gasteiger charge is -2.25. The Labute approximate surface area is 228 Å². The number of esters is 2. The molecule has 5 rings (SSSR count). The lowest BCUT2D eigenvalue weighted by atomic mass is 10.0. The molecule has 39 heavy (non-hydrogen) atoms. The number of para-hydroxylation sites is 1. The molecule has 2 aliphatic rings. The molecule has 3 aromatic rings. The van der Waals surface area contributed by atoms with Gasteiger partial charge in [-0.1, -0.05) is 18.2 Å². The third-order valence-corrected chi connectivity index (χ3v) is 7.67. The molecular formula is C30H36N4O5. The molecule has 1 N–H and O–H groups in total. The maximum absolute atomic E-state index is 13.5. The Morgan fingerprint density at radius 3 is 2.44 bits per heavy atom. The Bertz CT molecular complexity index is 1510. The molecule has 9 heteroatoms. The molecule has 206 valence electrons. The van der Waals surface area contributed by atoms with Gasteiger partial charge in [-0.3, -0.25) is 14.2 Å². The van der Waals surface area contributed by atoms with Crippen molar-refractivity contribution in [3.63, 3.8) is 0 Å². The maximum atomic E-state index is 13.5. The van der Waals surface area contributed by atoms with Crippen LogP contribution in [0.1, 0.15) is 55.2 Å². The molecule has 2 fully saturated rings. The SMILES string of the molecule is COC(=O)C1[C@H]2CN(c3nc4c(C(C)Nc5ccccc5C(=O)OC(C)(C)C)cc(C)cc4c(=O)n3C)C[C@@H]12. The van der Waals surface area contributed by atoms with Crippen molar-refractivity contribution in [3.8, 4) is 0 Å². The van der Waals surface area contributed by atoms with E-state index in [-0.39, 0.29) is 35.3 Å². The highest BCUT2D eigenvalue weighted by atomic mass is 16.6. The first kappa shape index (κ1) is 26.7. The van der Waals surface area contributed by atoms with E-state index < -0.39 is 11.6 Å². The number of nitrogens with one attached hydrogen (secondary N) is 1. The highest BCUT2D eigenvalue weighted by Gasteiger charge is 2.60. The first-order valence-electron chi connectivity index (χ1n) is 13.3. The summed E-state index contributed by atoms with van der Waals surface area (Å²) in [5, 5.41) is 4.00. The number of piperidine rings is 1. The van der Waals surface area contributed by atoms with E-state index in [2.05, 4.69) is 10.2 Å². The fraction of sp³-hybridized carbons (Fsp3) is 0.467. The fourth-order valence-corrected chi connectivity index (χ4v) is 5.76. The first-order valence-corrected chi connectivity index (χ1v) is 13.3. The lowest BCUT2D eigenvalue weighted by Crippen LogP contribution is -2.33. The van der Waals surface area contributed by atoms with E-state index in [0.717, 1.165) is 11.1 Å². The summed E-state index contributed by atoms with van der Waals surface area (Å²) in [6.07, 6.45) is 0. The minimum atomic E-state index is -0.615. The smallest absolute Gasteiger partial charge is 0.340 e. The zero-order valence-corrected chi connectivity index (χ0v) is 23.6. The molecule has 1 aliphatic heterocycles. The summed E-state index contributed by atoms with van der Waals surface area (Å²) < 4.78 is 12.1. The third kappa shape index (κ3) is 4.97. The van der Waals surface area contributed by atoms with Crippen molar-refractivity contribution < 1.29 is 19.1 Å². The molecule has 2 unspecified atom stereocenters. The van der Waals surface area contributed by atoms with Crippen LogP contribution in [0.3, 0.4) is 0 Å². The van der Waals surface area contributed by atoms with E-state index in [0.29, 0.717) is 41.2 Å². The Morgan fingerprint density at radius 1 is 1.13 bits per heavy atom. The van der Waals surface area contributed by atoms with Gasteiger partial charge in [0.25, 0.3) is 5.56 Å². The van der Waals surface area contributed by atoms with E-state index in [4.69, 9.17) is 14.5 Å². The highest BCUT2D eigenvalue weighted by Crippen LogP contribution is 2.52. The summed E-state index contributed by atoms with van der Waals surface area (Å²) in [5.41, 5.74) is 2.78. The topological polar surface area (TPSA) is 103 Å². The van der Waals surface area contributed by atoms with Gasteiger partial charge in [0.1, 0.15) is 5.60 Å². The maximum Gasteiger partial charge on any atom is 0.340 e. The molecular weight excluding hydrogens is 496 g/mol. The van der Waals surface area contributed by atoms with E-state index >= 15 is 0 Å². The average molecular weight is 533 g/mol. The first-order chi connectivity index (χ1) is 18.4. The van der Waals surface area contributed by atoms with Crippen LogP contribution < -0.4 is 15.8 Å². The second-order valence-corrected chi connectivity index (χ2v) is 11.7. The van der Waals surface area contributed by atoms with Gasteiger partial charge in [-0.15, -0.1) is 0 Å². The predicted molar refractivity (Wildman–Crippen MR) is 150 cm³/mol. The Hall–Kier alpha value is -3.88. The van der Waals surface area contributed by atoms with E-state index in [9.17, 15) is 14.4 Å². The van der Waals surface area contributed by atoms with Gasteiger partial charge < -0.3 is 19.7 Å². The Morgan fingerprint density at radius 2 is 1.79 bits per heavy atom. The summed E-state index contributed by atoms with van der Waals surface area (Å²) in [4.78, 5) is 45.5. The summed E-state index contributed by atoms with van der Waals surface area (Å²) in [7, 11) is 3.17. The zero-order valence-electron chi connectivity index (χ0n) is 23.6. The van der Waals surface area contributed by atoms with Crippen molar-refractivity contribution in [2.75, 3.05) is 30.4 Å². The fourth-order valence-electron chi connectivity index (χ4n) is 5.76. The largest absolute Gasteiger partial charge is 0.469 e. The molecule has 1 saturated heterocycles. The highest BCUT2D eigenvalue weighted by molar-refractivity contribution is 5.96. The van der Waals surface area contributed by atoms with Crippen molar-refractivity contribution >= 4 is 34.5 Å². The van der Waals surface area contributed by atoms with E-state index in [1.54, 1.807) is 23.7 Å². The Kier molecular flexibility index (Phi) is 6.64. The molecule has 2 aromatic carbocycles. The predicted octanol–water partition coefficient (Wildman–Crippen LogP) is 4.23. The van der Waals surface area contributed by atoms with Crippen molar-refractivity contribution in [2.24, 2.45) is 24.8 Å². The molecule has 0 radical (unpaired) electrons. The molecule has 9 nitrogen and oxygen atoms in total. The zero-order chi connectivity index (χ0) is 28.2. The van der Waals surface area contributed by atoms with Gasteiger partial charge in [0.2, 0.25) is 5.95 Å². The number of hydrogen-bond acceptors (Lipinski definition) is 8. The second kappa shape index (κ2) is 9.70. The lowest BCUT2D eigenvalue weighted by molar-refractivity contribution is -0.142. The number of rotatable bonds is 6. The average Bonchev–Trinajstić information content (AvgIpc) is 3.37. The van der Waals surface area contributed by atoms with E-state index in [1.807, 2.05) is 58.9 Å². The number of carbonyl (C=O) groups excluding carboxylic acids is 2. The van der Waals surface area contributed by atoms with Crippen LogP contribution in [0.4, 0.5) is 11.6 Å². The molecule has 1 saturated carbocycles. The van der Waals surface area contributed by atoms with Crippen LogP contribution in [0.2, 0.25) is 0 Å². The molecule has 0 spiro atoms. The summed E-state index contributed by atoms with van der Waals surface area (Å²) in [6, 6.07) is 10.9. The summed E-state index contributed by atoms with van der Waals surface area (Å²) in [6.45, 7) is 10.8. The molecule has 0 amide bonds. The van der Waals surface area contributed by atoms with Crippen molar-refractivity contribution in [2.45, 2.75) is 46.3 Å². The number of aromatic nitrogens is 2. The van der Waals surface area contributed by atoms with Gasteiger partial charge >= 0.3 is 11.9 Å². The molecule has 2 heterocycles. The molecule has 4 atom stereocenters. The van der Waals surface area contributed by atoms with Crippen LogP contribution in [0.5, 0.6) is 0 Å². The minimum absolute atomic E-state index is 0.0591. The number of fused-ring (bicyclic) bond motifs is 2. The normalized spacial score (nSPS) is 20.9. The molecule has 0 bridgehead atoms.